The molecule has 2 fully saturated rings. The summed E-state index contributed by atoms with van der Waals surface area (Å²) in [4.78, 5) is 25.4. The number of likely N-dealkylation sites (tertiary alicyclic amines) is 1. The van der Waals surface area contributed by atoms with Crippen LogP contribution in [0.2, 0.25) is 0 Å². The highest BCUT2D eigenvalue weighted by Gasteiger charge is 2.83. The Labute approximate surface area is 322 Å². The van der Waals surface area contributed by atoms with Crippen LogP contribution in [-0.4, -0.2) is 66.4 Å². The molecule has 10 rings (SSSR count). The highest BCUT2D eigenvalue weighted by Crippen LogP contribution is 2.81. The van der Waals surface area contributed by atoms with Crippen LogP contribution in [0.3, 0.4) is 0 Å². The molecule has 9 heteroatoms. The first-order valence-electron chi connectivity index (χ1n) is 20.3. The number of ether oxygens (including phenoxy) is 3. The van der Waals surface area contributed by atoms with E-state index < -0.39 is 6.10 Å². The average molecular weight is 745 g/mol. The second-order valence-corrected chi connectivity index (χ2v) is 15.7. The minimum Gasteiger partial charge on any atom is -0.485 e. The van der Waals surface area contributed by atoms with Gasteiger partial charge in [0.2, 0.25) is 0 Å². The van der Waals surface area contributed by atoms with E-state index in [1.807, 2.05) is 52.8 Å². The van der Waals surface area contributed by atoms with Gasteiger partial charge in [-0.15, -0.1) is 0 Å². The van der Waals surface area contributed by atoms with Crippen molar-refractivity contribution in [2.75, 3.05) is 20.6 Å². The van der Waals surface area contributed by atoms with Gasteiger partial charge in [0, 0.05) is 58.2 Å². The third kappa shape index (κ3) is 5.96. The fraction of sp³-hybridized carbons (Fsp3) is 0.600. The van der Waals surface area contributed by atoms with Crippen molar-refractivity contribution in [1.29, 1.82) is 0 Å². The Hall–Kier alpha value is -3.50. The first kappa shape index (κ1) is 41.7. The van der Waals surface area contributed by atoms with Crippen LogP contribution in [0.15, 0.2) is 48.6 Å². The normalized spacial score (nSPS) is 33.3. The summed E-state index contributed by atoms with van der Waals surface area (Å²) in [6.07, 6.45) is 15.5. The van der Waals surface area contributed by atoms with Gasteiger partial charge in [-0.1, -0.05) is 84.9 Å². The van der Waals surface area contributed by atoms with Crippen molar-refractivity contribution in [2.24, 2.45) is 22.5 Å². The lowest BCUT2D eigenvalue weighted by Crippen LogP contribution is -2.72. The zero-order valence-corrected chi connectivity index (χ0v) is 34.0. The molecule has 2 aliphatic heterocycles. The van der Waals surface area contributed by atoms with Crippen LogP contribution in [0.4, 0.5) is 0 Å². The van der Waals surface area contributed by atoms with Gasteiger partial charge < -0.3 is 35.1 Å². The summed E-state index contributed by atoms with van der Waals surface area (Å²) in [5.41, 5.74) is 10.4. The minimum atomic E-state index is -0.473. The highest BCUT2D eigenvalue weighted by molar-refractivity contribution is 5.75. The first-order valence-corrected chi connectivity index (χ1v) is 20.3. The number of hydrogen-bond acceptors (Lipinski definition) is 9. The quantitative estimate of drug-likeness (QED) is 0.123. The smallest absolute Gasteiger partial charge is 0.311 e. The van der Waals surface area contributed by atoms with E-state index in [4.69, 9.17) is 14.2 Å². The van der Waals surface area contributed by atoms with E-state index in [-0.39, 0.29) is 40.3 Å². The van der Waals surface area contributed by atoms with Crippen molar-refractivity contribution in [3.63, 3.8) is 0 Å². The highest BCUT2D eigenvalue weighted by atomic mass is 16.6. The number of rotatable bonds is 6. The van der Waals surface area contributed by atoms with Crippen molar-refractivity contribution in [1.82, 2.24) is 4.90 Å². The van der Waals surface area contributed by atoms with E-state index >= 15 is 0 Å². The molecule has 0 aromatic heterocycles. The minimum absolute atomic E-state index is 0.0576. The number of esters is 1. The molecule has 2 aromatic rings. The largest absolute Gasteiger partial charge is 0.485 e. The van der Waals surface area contributed by atoms with Gasteiger partial charge in [-0.3, -0.25) is 9.59 Å². The van der Waals surface area contributed by atoms with E-state index in [1.165, 1.54) is 23.7 Å². The number of aliphatic hydroxyl groups is 2. The number of carbonyl (C=O) groups excluding carboxylic acids is 2. The summed E-state index contributed by atoms with van der Waals surface area (Å²) in [5.74, 6) is 2.08. The number of carbonyl (C=O) groups is 2. The summed E-state index contributed by atoms with van der Waals surface area (Å²) < 4.78 is 17.4. The first-order chi connectivity index (χ1) is 26.1. The van der Waals surface area contributed by atoms with Crippen LogP contribution in [0, 0.1) is 16.7 Å². The van der Waals surface area contributed by atoms with E-state index in [0.29, 0.717) is 48.3 Å². The Morgan fingerprint density at radius 2 is 1.76 bits per heavy atom. The van der Waals surface area contributed by atoms with E-state index in [0.717, 1.165) is 56.4 Å². The molecule has 54 heavy (non-hydrogen) atoms. The van der Waals surface area contributed by atoms with Gasteiger partial charge in [-0.2, -0.15) is 0 Å². The molecule has 6 aliphatic carbocycles. The van der Waals surface area contributed by atoms with Crippen LogP contribution in [0.25, 0.3) is 0 Å². The zero-order valence-electron chi connectivity index (χ0n) is 34.0. The van der Waals surface area contributed by atoms with Crippen LogP contribution < -0.4 is 19.9 Å². The van der Waals surface area contributed by atoms with Gasteiger partial charge >= 0.3 is 5.97 Å². The number of likely N-dealkylation sites (N-methyl/N-ethyl adjacent to an activating group) is 1. The van der Waals surface area contributed by atoms with Crippen molar-refractivity contribution in [3.8, 4) is 17.2 Å². The van der Waals surface area contributed by atoms with Crippen molar-refractivity contribution < 1.29 is 34.0 Å². The standard InChI is InChI=1S/C23H27NO3.C17H20O4.2C2H6.CH5N/c1-4-6-18(25)26-15-9-8-14-11-16-21(2)22(13-24(16)3)10-5-7-17-23(21,12-22)19(14)20(15)27-17;1-17-8-13(20)6-5-12(17)4-2-11-3-7-15(21-10-19)14(9-18)16(11)17;3*1-2/h5,8-10,16-17H,4,6-7,11-13H2,1-3H3;3,5-7,10,12-13,18,20H,2,4,8-9H2,1H3;2*1-2H3;2H2,1H3/t16?,17-,21?,22+,23?;12?,13?,17-;;;/m00.../s1. The van der Waals surface area contributed by atoms with Crippen LogP contribution in [-0.2, 0) is 39.9 Å². The number of aliphatic hydroxyl groups excluding tert-OH is 2. The van der Waals surface area contributed by atoms with E-state index in [1.54, 1.807) is 6.07 Å². The Kier molecular flexibility index (Phi) is 12.6. The van der Waals surface area contributed by atoms with Gasteiger partial charge in [0.25, 0.3) is 6.47 Å². The van der Waals surface area contributed by atoms with E-state index in [2.05, 4.69) is 55.8 Å². The Bertz CT molecular complexity index is 1760. The SMILES string of the molecule is CC.CC.CCCC(=O)Oc1ccc2c3c1O[C@H]1CC=C[C@@]45CN(C)C(C2)C4(C)C31C5.CN.C[C@]12CC(O)C=CC1CCc1ccc(OC=O)c(CO)c12. The van der Waals surface area contributed by atoms with Gasteiger partial charge in [-0.25, -0.2) is 0 Å². The molecule has 4 N–H and O–H groups in total. The predicted octanol–water partition coefficient (Wildman–Crippen LogP) is 7.10. The molecule has 2 bridgehead atoms. The zero-order chi connectivity index (χ0) is 39.6. The molecule has 296 valence electrons. The lowest BCUT2D eigenvalue weighted by Gasteiger charge is -2.69. The lowest BCUT2D eigenvalue weighted by molar-refractivity contribution is -0.143. The molecule has 2 spiro atoms. The molecule has 1 saturated heterocycles. The number of hydrogen-bond donors (Lipinski definition) is 3. The monoisotopic (exact) mass is 744 g/mol. The maximum absolute atomic E-state index is 12.2. The van der Waals surface area contributed by atoms with Gasteiger partial charge in [0.05, 0.1) is 12.7 Å². The number of fused-ring (bicyclic) bond motifs is 4. The lowest BCUT2D eigenvalue weighted by atomic mass is 9.32. The summed E-state index contributed by atoms with van der Waals surface area (Å²) in [6.45, 7) is 16.0. The summed E-state index contributed by atoms with van der Waals surface area (Å²) in [5, 5.41) is 19.8. The summed E-state index contributed by atoms with van der Waals surface area (Å²) in [7, 11) is 3.79. The molecule has 2 heterocycles. The number of allylic oxidation sites excluding steroid dienone is 1. The molecule has 2 aromatic carbocycles. The summed E-state index contributed by atoms with van der Waals surface area (Å²) >= 11 is 0. The van der Waals surface area contributed by atoms with Crippen molar-refractivity contribution in [2.45, 2.75) is 136 Å². The third-order valence-corrected chi connectivity index (χ3v) is 13.6. The maximum Gasteiger partial charge on any atom is 0.311 e. The topological polar surface area (TPSA) is 132 Å². The number of nitrogens with zero attached hydrogens (tertiary/aromatic N) is 1. The molecule has 8 atom stereocenters. The van der Waals surface area contributed by atoms with Crippen molar-refractivity contribution >= 4 is 12.4 Å². The van der Waals surface area contributed by atoms with Gasteiger partial charge in [0.15, 0.2) is 11.5 Å². The molecule has 9 nitrogen and oxygen atoms in total. The molecule has 0 amide bonds. The second kappa shape index (κ2) is 16.3. The number of benzene rings is 2. The Morgan fingerprint density at radius 3 is 2.44 bits per heavy atom. The fourth-order valence-electron chi connectivity index (χ4n) is 11.7. The van der Waals surface area contributed by atoms with E-state index in [9.17, 15) is 19.8 Å². The molecular weight excluding hydrogens is 681 g/mol. The van der Waals surface area contributed by atoms with Crippen LogP contribution in [0.1, 0.15) is 115 Å². The van der Waals surface area contributed by atoms with Gasteiger partial charge in [0.1, 0.15) is 11.9 Å². The second-order valence-electron chi connectivity index (χ2n) is 15.7. The Balaban J connectivity index is 0.000000188. The van der Waals surface area contributed by atoms with Crippen LogP contribution >= 0.6 is 0 Å². The predicted molar refractivity (Wildman–Crippen MR) is 213 cm³/mol. The average Bonchev–Trinajstić information content (AvgIpc) is 3.50. The fourth-order valence-corrected chi connectivity index (χ4v) is 11.7. The molecule has 5 unspecified atom stereocenters. The summed E-state index contributed by atoms with van der Waals surface area (Å²) in [6, 6.07) is 8.42. The number of nitrogens with two attached hydrogens (primary N) is 1. The van der Waals surface area contributed by atoms with Crippen molar-refractivity contribution in [3.05, 3.63) is 76.4 Å². The number of aryl methyl sites for hydroxylation is 1. The molecule has 1 saturated carbocycles. The third-order valence-electron chi connectivity index (χ3n) is 13.6. The molecule has 0 radical (unpaired) electrons. The molecule has 8 aliphatic rings. The maximum atomic E-state index is 12.2. The van der Waals surface area contributed by atoms with Crippen LogP contribution in [0.5, 0.6) is 17.2 Å². The van der Waals surface area contributed by atoms with Gasteiger partial charge in [-0.05, 0) is 87.4 Å². The molecular formula is C45H64N2O7. The Morgan fingerprint density at radius 1 is 1.06 bits per heavy atom.